The van der Waals surface area contributed by atoms with Crippen LogP contribution in [0.3, 0.4) is 0 Å². The zero-order chi connectivity index (χ0) is 14.6. The zero-order valence-electron chi connectivity index (χ0n) is 13.2. The van der Waals surface area contributed by atoms with Gasteiger partial charge < -0.3 is 10.5 Å². The average molecular weight is 275 g/mol. The van der Waals surface area contributed by atoms with Gasteiger partial charge in [0.15, 0.2) is 0 Å². The van der Waals surface area contributed by atoms with E-state index in [9.17, 15) is 0 Å². The van der Waals surface area contributed by atoms with E-state index in [0.29, 0.717) is 6.10 Å². The van der Waals surface area contributed by atoms with E-state index >= 15 is 0 Å². The molecule has 1 aliphatic rings. The molecule has 0 amide bonds. The lowest BCUT2D eigenvalue weighted by Crippen LogP contribution is -2.24. The van der Waals surface area contributed by atoms with Gasteiger partial charge in [-0.2, -0.15) is 0 Å². The van der Waals surface area contributed by atoms with E-state index in [-0.39, 0.29) is 11.5 Å². The van der Waals surface area contributed by atoms with Gasteiger partial charge in [0.1, 0.15) is 0 Å². The van der Waals surface area contributed by atoms with Crippen molar-refractivity contribution in [2.75, 3.05) is 6.61 Å². The van der Waals surface area contributed by atoms with Gasteiger partial charge in [0.2, 0.25) is 0 Å². The Morgan fingerprint density at radius 1 is 1.25 bits per heavy atom. The van der Waals surface area contributed by atoms with Crippen LogP contribution < -0.4 is 5.73 Å². The minimum absolute atomic E-state index is 0.223. The van der Waals surface area contributed by atoms with Crippen molar-refractivity contribution in [2.45, 2.75) is 70.4 Å². The SMILES string of the molecule is CC(C)(C)c1ccc(CC(N)CCC2CCCO2)cc1. The Hall–Kier alpha value is -0.860. The summed E-state index contributed by atoms with van der Waals surface area (Å²) in [5.41, 5.74) is 9.20. The Balaban J connectivity index is 1.80. The van der Waals surface area contributed by atoms with Gasteiger partial charge in [-0.15, -0.1) is 0 Å². The summed E-state index contributed by atoms with van der Waals surface area (Å²) in [7, 11) is 0. The largest absolute Gasteiger partial charge is 0.378 e. The van der Waals surface area contributed by atoms with Gasteiger partial charge in [0.05, 0.1) is 6.10 Å². The van der Waals surface area contributed by atoms with E-state index in [0.717, 1.165) is 25.9 Å². The number of rotatable bonds is 5. The van der Waals surface area contributed by atoms with Crippen molar-refractivity contribution in [3.05, 3.63) is 35.4 Å². The van der Waals surface area contributed by atoms with Gasteiger partial charge >= 0.3 is 0 Å². The van der Waals surface area contributed by atoms with Gasteiger partial charge in [-0.3, -0.25) is 0 Å². The molecule has 0 radical (unpaired) electrons. The molecule has 2 atom stereocenters. The first kappa shape index (κ1) is 15.5. The van der Waals surface area contributed by atoms with Crippen LogP contribution in [0.25, 0.3) is 0 Å². The molecule has 1 saturated heterocycles. The second kappa shape index (κ2) is 6.73. The molecule has 20 heavy (non-hydrogen) atoms. The summed E-state index contributed by atoms with van der Waals surface area (Å²) in [5, 5.41) is 0. The predicted molar refractivity (Wildman–Crippen MR) is 85.0 cm³/mol. The van der Waals surface area contributed by atoms with Gasteiger partial charge in [-0.05, 0) is 48.6 Å². The monoisotopic (exact) mass is 275 g/mol. The van der Waals surface area contributed by atoms with E-state index in [4.69, 9.17) is 10.5 Å². The molecule has 1 heterocycles. The van der Waals surface area contributed by atoms with Crippen LogP contribution in [0.4, 0.5) is 0 Å². The molecule has 0 aromatic heterocycles. The summed E-state index contributed by atoms with van der Waals surface area (Å²) in [5.74, 6) is 0. The van der Waals surface area contributed by atoms with Crippen LogP contribution >= 0.6 is 0 Å². The van der Waals surface area contributed by atoms with E-state index in [2.05, 4.69) is 45.0 Å². The molecule has 112 valence electrons. The first-order valence-corrected chi connectivity index (χ1v) is 7.92. The summed E-state index contributed by atoms with van der Waals surface area (Å²) >= 11 is 0. The van der Waals surface area contributed by atoms with E-state index in [1.54, 1.807) is 0 Å². The molecule has 0 bridgehead atoms. The molecule has 1 aliphatic heterocycles. The van der Waals surface area contributed by atoms with Crippen LogP contribution in [0.1, 0.15) is 57.6 Å². The van der Waals surface area contributed by atoms with Crippen LogP contribution in [0.5, 0.6) is 0 Å². The van der Waals surface area contributed by atoms with Crippen molar-refractivity contribution in [1.29, 1.82) is 0 Å². The maximum Gasteiger partial charge on any atom is 0.0576 e. The minimum atomic E-state index is 0.223. The normalized spacial score (nSPS) is 21.1. The summed E-state index contributed by atoms with van der Waals surface area (Å²) < 4.78 is 5.65. The molecule has 2 rings (SSSR count). The fourth-order valence-corrected chi connectivity index (χ4v) is 2.82. The number of benzene rings is 1. The molecule has 1 aromatic rings. The number of hydrogen-bond acceptors (Lipinski definition) is 2. The second-order valence-electron chi connectivity index (χ2n) is 7.12. The first-order chi connectivity index (χ1) is 9.45. The van der Waals surface area contributed by atoms with Crippen molar-refractivity contribution in [1.82, 2.24) is 0 Å². The summed E-state index contributed by atoms with van der Waals surface area (Å²) in [4.78, 5) is 0. The molecule has 0 spiro atoms. The van der Waals surface area contributed by atoms with Gasteiger partial charge in [0, 0.05) is 12.6 Å². The van der Waals surface area contributed by atoms with Gasteiger partial charge in [0.25, 0.3) is 0 Å². The lowest BCUT2D eigenvalue weighted by Gasteiger charge is -2.20. The molecule has 0 saturated carbocycles. The van der Waals surface area contributed by atoms with Crippen LogP contribution in [0.15, 0.2) is 24.3 Å². The molecule has 2 nitrogen and oxygen atoms in total. The number of nitrogens with two attached hydrogens (primary N) is 1. The summed E-state index contributed by atoms with van der Waals surface area (Å²) in [6, 6.07) is 9.18. The molecular formula is C18H29NO. The van der Waals surface area contributed by atoms with Crippen LogP contribution in [0.2, 0.25) is 0 Å². The molecule has 1 fully saturated rings. The Morgan fingerprint density at radius 3 is 2.50 bits per heavy atom. The number of ether oxygens (including phenoxy) is 1. The second-order valence-corrected chi connectivity index (χ2v) is 7.12. The highest BCUT2D eigenvalue weighted by molar-refractivity contribution is 5.27. The van der Waals surface area contributed by atoms with Crippen molar-refractivity contribution in [3.63, 3.8) is 0 Å². The lowest BCUT2D eigenvalue weighted by atomic mass is 9.86. The third kappa shape index (κ3) is 4.60. The Labute approximate surface area is 123 Å². The van der Waals surface area contributed by atoms with Crippen LogP contribution in [-0.2, 0) is 16.6 Å². The molecule has 2 N–H and O–H groups in total. The fraction of sp³-hybridized carbons (Fsp3) is 0.667. The number of hydrogen-bond donors (Lipinski definition) is 1. The Bertz CT molecular complexity index is 398. The Kier molecular flexibility index (Phi) is 5.22. The third-order valence-corrected chi connectivity index (χ3v) is 4.20. The smallest absolute Gasteiger partial charge is 0.0576 e. The fourth-order valence-electron chi connectivity index (χ4n) is 2.82. The minimum Gasteiger partial charge on any atom is -0.378 e. The summed E-state index contributed by atoms with van der Waals surface area (Å²) in [6.07, 6.45) is 6.04. The standard InChI is InChI=1S/C18H29NO/c1-18(2,3)15-8-6-14(7-9-15)13-16(19)10-11-17-5-4-12-20-17/h6-9,16-17H,4-5,10-13,19H2,1-3H3. The molecule has 2 unspecified atom stereocenters. The lowest BCUT2D eigenvalue weighted by molar-refractivity contribution is 0.101. The third-order valence-electron chi connectivity index (χ3n) is 4.20. The van der Waals surface area contributed by atoms with Crippen LogP contribution in [-0.4, -0.2) is 18.8 Å². The molecule has 1 aromatic carbocycles. The van der Waals surface area contributed by atoms with Gasteiger partial charge in [-0.25, -0.2) is 0 Å². The highest BCUT2D eigenvalue weighted by Gasteiger charge is 2.17. The first-order valence-electron chi connectivity index (χ1n) is 7.92. The molecule has 0 aliphatic carbocycles. The quantitative estimate of drug-likeness (QED) is 0.886. The van der Waals surface area contributed by atoms with E-state index < -0.39 is 0 Å². The van der Waals surface area contributed by atoms with Crippen molar-refractivity contribution in [2.24, 2.45) is 5.73 Å². The van der Waals surface area contributed by atoms with Gasteiger partial charge in [-0.1, -0.05) is 45.0 Å². The van der Waals surface area contributed by atoms with Crippen LogP contribution in [0, 0.1) is 0 Å². The average Bonchev–Trinajstić information content (AvgIpc) is 2.89. The molecular weight excluding hydrogens is 246 g/mol. The maximum atomic E-state index is 6.25. The van der Waals surface area contributed by atoms with Crippen molar-refractivity contribution in [3.8, 4) is 0 Å². The topological polar surface area (TPSA) is 35.2 Å². The Morgan fingerprint density at radius 2 is 1.95 bits per heavy atom. The summed E-state index contributed by atoms with van der Waals surface area (Å²) in [6.45, 7) is 7.67. The highest BCUT2D eigenvalue weighted by Crippen LogP contribution is 2.23. The molecule has 2 heteroatoms. The maximum absolute atomic E-state index is 6.25. The van der Waals surface area contributed by atoms with Crippen molar-refractivity contribution >= 4 is 0 Å². The zero-order valence-corrected chi connectivity index (χ0v) is 13.2. The van der Waals surface area contributed by atoms with Crippen molar-refractivity contribution < 1.29 is 4.74 Å². The van der Waals surface area contributed by atoms with E-state index in [1.165, 1.54) is 24.0 Å². The van der Waals surface area contributed by atoms with E-state index in [1.807, 2.05) is 0 Å². The predicted octanol–water partition coefficient (Wildman–Crippen LogP) is 3.81. The highest BCUT2D eigenvalue weighted by atomic mass is 16.5.